The predicted octanol–water partition coefficient (Wildman–Crippen LogP) is 1.49. The normalized spacial score (nSPS) is 21.3. The van der Waals surface area contributed by atoms with Gasteiger partial charge < -0.3 is 26.5 Å². The van der Waals surface area contributed by atoms with Crippen LogP contribution in [0, 0.1) is 11.3 Å². The molecular weight excluding hydrogens is 318 g/mol. The first-order valence-electron chi connectivity index (χ1n) is 8.60. The lowest BCUT2D eigenvalue weighted by Gasteiger charge is -2.29. The zero-order valence-corrected chi connectivity index (χ0v) is 14.6. The predicted molar refractivity (Wildman–Crippen MR) is 99.2 cm³/mol. The highest BCUT2D eigenvalue weighted by molar-refractivity contribution is 6.09. The van der Waals surface area contributed by atoms with E-state index in [1.165, 1.54) is 12.4 Å². The van der Waals surface area contributed by atoms with Gasteiger partial charge in [0, 0.05) is 35.8 Å². The second-order valence-electron chi connectivity index (χ2n) is 6.18. The second kappa shape index (κ2) is 7.52. The molecule has 2 atom stereocenters. The summed E-state index contributed by atoms with van der Waals surface area (Å²) >= 11 is 0. The van der Waals surface area contributed by atoms with Gasteiger partial charge >= 0.3 is 0 Å². The van der Waals surface area contributed by atoms with Crippen LogP contribution in [-0.2, 0) is 0 Å². The molecule has 1 aliphatic heterocycles. The van der Waals surface area contributed by atoms with Gasteiger partial charge in [0.05, 0.1) is 6.61 Å². The number of aromatic nitrogens is 3. The van der Waals surface area contributed by atoms with Crippen molar-refractivity contribution in [3.05, 3.63) is 24.0 Å². The Labute approximate surface area is 147 Å². The number of nitrogens with one attached hydrogen (secondary N) is 3. The third-order valence-corrected chi connectivity index (χ3v) is 4.50. The first kappa shape index (κ1) is 17.2. The van der Waals surface area contributed by atoms with Crippen molar-refractivity contribution in [1.29, 1.82) is 5.41 Å². The molecule has 0 saturated carbocycles. The largest absolute Gasteiger partial charge is 0.489 e. The van der Waals surface area contributed by atoms with Crippen molar-refractivity contribution in [2.75, 3.05) is 25.0 Å². The fourth-order valence-corrected chi connectivity index (χ4v) is 3.11. The Hall–Kier alpha value is -2.61. The fraction of sp³-hybridized carbons (Fsp3) is 0.471. The third kappa shape index (κ3) is 3.43. The molecule has 0 aromatic carbocycles. The Morgan fingerprint density at radius 2 is 2.44 bits per heavy atom. The molecule has 3 rings (SSSR count). The number of fused-ring (bicyclic) bond motifs is 1. The maximum atomic E-state index is 7.54. The molecule has 1 saturated heterocycles. The summed E-state index contributed by atoms with van der Waals surface area (Å²) in [6, 6.07) is 2.18. The van der Waals surface area contributed by atoms with Crippen LogP contribution in [0.4, 0.5) is 5.95 Å². The molecule has 8 heteroatoms. The average Bonchev–Trinajstić information content (AvgIpc) is 3.03. The summed E-state index contributed by atoms with van der Waals surface area (Å²) in [4.78, 5) is 4.62. The maximum Gasteiger partial charge on any atom is 0.243 e. The SMILES string of the molecule is CCOc1c(/C(C=N)=C/N)ccn2nc(NC3CCNCC3C)nc12. The van der Waals surface area contributed by atoms with Gasteiger partial charge in [-0.1, -0.05) is 6.92 Å². The molecule has 134 valence electrons. The van der Waals surface area contributed by atoms with Gasteiger partial charge in [-0.15, -0.1) is 5.10 Å². The van der Waals surface area contributed by atoms with E-state index in [2.05, 4.69) is 27.6 Å². The highest BCUT2D eigenvalue weighted by Gasteiger charge is 2.23. The summed E-state index contributed by atoms with van der Waals surface area (Å²) in [6.07, 6.45) is 5.45. The van der Waals surface area contributed by atoms with Gasteiger partial charge in [-0.05, 0) is 38.4 Å². The number of pyridine rings is 1. The Morgan fingerprint density at radius 3 is 3.12 bits per heavy atom. The van der Waals surface area contributed by atoms with E-state index in [9.17, 15) is 0 Å². The number of anilines is 1. The molecule has 0 spiro atoms. The number of ether oxygens (including phenoxy) is 1. The molecule has 3 heterocycles. The van der Waals surface area contributed by atoms with Gasteiger partial charge in [-0.25, -0.2) is 4.52 Å². The van der Waals surface area contributed by atoms with E-state index >= 15 is 0 Å². The number of nitrogens with two attached hydrogens (primary N) is 1. The minimum atomic E-state index is 0.342. The van der Waals surface area contributed by atoms with Crippen molar-refractivity contribution >= 4 is 23.4 Å². The van der Waals surface area contributed by atoms with E-state index < -0.39 is 0 Å². The van der Waals surface area contributed by atoms with Crippen LogP contribution >= 0.6 is 0 Å². The Kier molecular flexibility index (Phi) is 5.18. The zero-order valence-electron chi connectivity index (χ0n) is 14.6. The molecule has 0 amide bonds. The van der Waals surface area contributed by atoms with Crippen LogP contribution in [-0.4, -0.2) is 46.6 Å². The summed E-state index contributed by atoms with van der Waals surface area (Å²) in [7, 11) is 0. The van der Waals surface area contributed by atoms with Crippen molar-refractivity contribution in [2.45, 2.75) is 26.3 Å². The molecule has 8 nitrogen and oxygen atoms in total. The quantitative estimate of drug-likeness (QED) is 0.591. The summed E-state index contributed by atoms with van der Waals surface area (Å²) in [5.41, 5.74) is 7.57. The first-order chi connectivity index (χ1) is 12.2. The minimum Gasteiger partial charge on any atom is -0.489 e. The van der Waals surface area contributed by atoms with Crippen LogP contribution in [0.25, 0.3) is 11.2 Å². The number of hydrogen-bond donors (Lipinski definition) is 4. The van der Waals surface area contributed by atoms with E-state index in [1.54, 1.807) is 4.52 Å². The first-order valence-corrected chi connectivity index (χ1v) is 8.60. The van der Waals surface area contributed by atoms with E-state index in [1.807, 2.05) is 19.2 Å². The zero-order chi connectivity index (χ0) is 17.8. The number of allylic oxidation sites excluding steroid dienone is 1. The number of piperidine rings is 1. The van der Waals surface area contributed by atoms with Crippen molar-refractivity contribution in [1.82, 2.24) is 19.9 Å². The van der Waals surface area contributed by atoms with E-state index in [4.69, 9.17) is 15.9 Å². The number of nitrogens with zero attached hydrogens (tertiary/aromatic N) is 3. The summed E-state index contributed by atoms with van der Waals surface area (Å²) in [5, 5.41) is 18.9. The van der Waals surface area contributed by atoms with Gasteiger partial charge in [0.2, 0.25) is 5.95 Å². The minimum absolute atomic E-state index is 0.342. The lowest BCUT2D eigenvalue weighted by Crippen LogP contribution is -2.42. The Morgan fingerprint density at radius 1 is 1.60 bits per heavy atom. The molecule has 1 fully saturated rings. The molecular formula is C17H25N7O. The average molecular weight is 343 g/mol. The lowest BCUT2D eigenvalue weighted by molar-refractivity contribution is 0.341. The Bertz CT molecular complexity index is 783. The highest BCUT2D eigenvalue weighted by Crippen LogP contribution is 2.29. The molecule has 1 aliphatic rings. The van der Waals surface area contributed by atoms with Gasteiger partial charge in [-0.2, -0.15) is 4.98 Å². The summed E-state index contributed by atoms with van der Waals surface area (Å²) < 4.78 is 7.49. The second-order valence-corrected chi connectivity index (χ2v) is 6.18. The van der Waals surface area contributed by atoms with Crippen LogP contribution in [0.2, 0.25) is 0 Å². The maximum absolute atomic E-state index is 7.54. The van der Waals surface area contributed by atoms with Crippen molar-refractivity contribution in [3.8, 4) is 5.75 Å². The molecule has 2 aromatic heterocycles. The molecule has 5 N–H and O–H groups in total. The number of rotatable bonds is 6. The van der Waals surface area contributed by atoms with Crippen LogP contribution in [0.1, 0.15) is 25.8 Å². The number of hydrogen-bond acceptors (Lipinski definition) is 7. The Balaban J connectivity index is 1.98. The molecule has 2 aromatic rings. The molecule has 2 unspecified atom stereocenters. The van der Waals surface area contributed by atoms with Crippen LogP contribution in [0.15, 0.2) is 18.5 Å². The van der Waals surface area contributed by atoms with Gasteiger partial charge in [0.1, 0.15) is 0 Å². The molecule has 0 bridgehead atoms. The summed E-state index contributed by atoms with van der Waals surface area (Å²) in [5.74, 6) is 1.68. The smallest absolute Gasteiger partial charge is 0.243 e. The topological polar surface area (TPSA) is 113 Å². The molecule has 0 radical (unpaired) electrons. The van der Waals surface area contributed by atoms with Gasteiger partial charge in [0.15, 0.2) is 11.4 Å². The van der Waals surface area contributed by atoms with Crippen LogP contribution < -0.4 is 21.1 Å². The van der Waals surface area contributed by atoms with Gasteiger partial charge in [0.25, 0.3) is 0 Å². The van der Waals surface area contributed by atoms with Crippen LogP contribution in [0.5, 0.6) is 5.75 Å². The highest BCUT2D eigenvalue weighted by atomic mass is 16.5. The van der Waals surface area contributed by atoms with Gasteiger partial charge in [-0.3, -0.25) is 0 Å². The standard InChI is InChI=1S/C17H25N7O/c1-3-25-15-13(12(8-18)9-19)5-7-24-16(15)22-17(23-24)21-14-4-6-20-10-11(14)2/h5,7-9,11,14,18,20H,3-4,6,10,19H2,1-2H3,(H,21,23)/b12-9+,18-8?. The fourth-order valence-electron chi connectivity index (χ4n) is 3.11. The van der Waals surface area contributed by atoms with Crippen molar-refractivity contribution < 1.29 is 4.74 Å². The van der Waals surface area contributed by atoms with Crippen molar-refractivity contribution in [2.24, 2.45) is 11.7 Å². The molecule has 0 aliphatic carbocycles. The molecule has 25 heavy (non-hydrogen) atoms. The van der Waals surface area contributed by atoms with Crippen molar-refractivity contribution in [3.63, 3.8) is 0 Å². The lowest BCUT2D eigenvalue weighted by atomic mass is 9.95. The summed E-state index contributed by atoms with van der Waals surface area (Å²) in [6.45, 7) is 6.60. The monoisotopic (exact) mass is 343 g/mol. The van der Waals surface area contributed by atoms with E-state index in [0.29, 0.717) is 41.5 Å². The van der Waals surface area contributed by atoms with E-state index in [0.717, 1.165) is 25.1 Å². The third-order valence-electron chi connectivity index (χ3n) is 4.50. The van der Waals surface area contributed by atoms with Crippen LogP contribution in [0.3, 0.4) is 0 Å². The van der Waals surface area contributed by atoms with E-state index in [-0.39, 0.29) is 0 Å².